The molecular formula is C24H33O10P. The van der Waals surface area contributed by atoms with Gasteiger partial charge in [0.2, 0.25) is 0 Å². The van der Waals surface area contributed by atoms with Gasteiger partial charge in [-0.05, 0) is 43.1 Å². The van der Waals surface area contributed by atoms with Gasteiger partial charge in [0.1, 0.15) is 19.3 Å². The largest absolute Gasteiger partial charge is 0.470 e. The number of phosphoric ester groups is 1. The van der Waals surface area contributed by atoms with E-state index in [-0.39, 0.29) is 36.4 Å². The molecule has 35 heavy (non-hydrogen) atoms. The molecule has 1 heterocycles. The second kappa shape index (κ2) is 10.4. The van der Waals surface area contributed by atoms with Crippen LogP contribution in [-0.2, 0) is 37.7 Å². The summed E-state index contributed by atoms with van der Waals surface area (Å²) in [5.74, 6) is -1.84. The number of esters is 3. The number of ether oxygens (including phenoxy) is 3. The molecule has 2 unspecified atom stereocenters. The Bertz CT molecular complexity index is 994. The standard InChI is InChI=1S/C24H33O10P/c1-15-5-8-19-23(3,18(15)7-6-17-10-12-31-22(17)27)11-9-20(34-16(2)25)24(19,4)14-32-21(26)13-33-35(28,29)30/h6-7,10,18-20H,1,5,8-9,11-14H2,2-4H3,(H2,28,29,30)/b7-6+/t18?,19?,20-,23-,24+/m1/s1. The molecule has 0 spiro atoms. The highest BCUT2D eigenvalue weighted by Crippen LogP contribution is 2.62. The maximum atomic E-state index is 12.2. The van der Waals surface area contributed by atoms with Gasteiger partial charge in [-0.3, -0.25) is 9.32 Å². The van der Waals surface area contributed by atoms with Gasteiger partial charge in [-0.2, -0.15) is 0 Å². The van der Waals surface area contributed by atoms with Crippen molar-refractivity contribution < 1.29 is 47.5 Å². The molecule has 2 aliphatic carbocycles. The van der Waals surface area contributed by atoms with Gasteiger partial charge in [-0.1, -0.05) is 38.2 Å². The van der Waals surface area contributed by atoms with E-state index in [1.807, 2.05) is 13.0 Å². The van der Waals surface area contributed by atoms with E-state index in [2.05, 4.69) is 18.0 Å². The maximum absolute atomic E-state index is 12.2. The first-order valence-electron chi connectivity index (χ1n) is 11.5. The van der Waals surface area contributed by atoms with Crippen LogP contribution in [0.3, 0.4) is 0 Å². The molecule has 0 saturated heterocycles. The quantitative estimate of drug-likeness (QED) is 0.215. The first-order chi connectivity index (χ1) is 16.3. The number of carbonyl (C=O) groups is 3. The van der Waals surface area contributed by atoms with Crippen molar-refractivity contribution in [3.63, 3.8) is 0 Å². The Morgan fingerprint density at radius 3 is 2.63 bits per heavy atom. The van der Waals surface area contributed by atoms with E-state index in [9.17, 15) is 18.9 Å². The second-order valence-electron chi connectivity index (χ2n) is 9.92. The van der Waals surface area contributed by atoms with E-state index in [1.54, 1.807) is 12.2 Å². The van der Waals surface area contributed by atoms with Crippen LogP contribution in [0.15, 0.2) is 36.0 Å². The molecular weight excluding hydrogens is 479 g/mol. The summed E-state index contributed by atoms with van der Waals surface area (Å²) in [5, 5.41) is 0. The minimum atomic E-state index is -4.82. The monoisotopic (exact) mass is 512 g/mol. The predicted molar refractivity (Wildman–Crippen MR) is 123 cm³/mol. The summed E-state index contributed by atoms with van der Waals surface area (Å²) in [6.07, 6.45) is 7.65. The number of fused-ring (bicyclic) bond motifs is 1. The number of carbonyl (C=O) groups excluding carboxylic acids is 3. The van der Waals surface area contributed by atoms with E-state index in [0.29, 0.717) is 18.4 Å². The molecule has 2 saturated carbocycles. The van der Waals surface area contributed by atoms with Crippen molar-refractivity contribution in [2.24, 2.45) is 22.7 Å². The molecule has 3 rings (SSSR count). The molecule has 0 radical (unpaired) electrons. The Morgan fingerprint density at radius 2 is 2.03 bits per heavy atom. The molecule has 3 aliphatic rings. The number of hydrogen-bond donors (Lipinski definition) is 2. The zero-order valence-corrected chi connectivity index (χ0v) is 21.1. The lowest BCUT2D eigenvalue weighted by atomic mass is 9.46. The first-order valence-corrected chi connectivity index (χ1v) is 13.1. The van der Waals surface area contributed by atoms with Crippen molar-refractivity contribution in [3.05, 3.63) is 36.0 Å². The van der Waals surface area contributed by atoms with E-state index < -0.39 is 37.9 Å². The SMILES string of the molecule is C=C1CCC2[C@](C)(CC[C@@H](OC(C)=O)[C@@]2(C)COC(=O)COP(=O)(O)O)C1/C=C/C1=CCOC1=O. The summed E-state index contributed by atoms with van der Waals surface area (Å²) >= 11 is 0. The summed E-state index contributed by atoms with van der Waals surface area (Å²) < 4.78 is 31.2. The summed E-state index contributed by atoms with van der Waals surface area (Å²) in [6, 6.07) is 0. The normalized spacial score (nSPS) is 33.2. The molecule has 2 N–H and O–H groups in total. The van der Waals surface area contributed by atoms with E-state index in [4.69, 9.17) is 24.0 Å². The van der Waals surface area contributed by atoms with E-state index in [1.165, 1.54) is 6.92 Å². The minimum Gasteiger partial charge on any atom is -0.463 e. The van der Waals surface area contributed by atoms with Crippen LogP contribution < -0.4 is 0 Å². The van der Waals surface area contributed by atoms with Crippen LogP contribution >= 0.6 is 7.82 Å². The zero-order chi connectivity index (χ0) is 26.0. The Hall–Kier alpha value is -2.26. The summed E-state index contributed by atoms with van der Waals surface area (Å²) in [5.41, 5.74) is 0.440. The van der Waals surface area contributed by atoms with Crippen molar-refractivity contribution in [3.8, 4) is 0 Å². The molecule has 0 aromatic carbocycles. The molecule has 11 heteroatoms. The maximum Gasteiger partial charge on any atom is 0.470 e. The van der Waals surface area contributed by atoms with E-state index >= 15 is 0 Å². The Morgan fingerprint density at radius 1 is 1.31 bits per heavy atom. The van der Waals surface area contributed by atoms with Crippen LogP contribution in [0.2, 0.25) is 0 Å². The van der Waals surface area contributed by atoms with Crippen LogP contribution in [0.5, 0.6) is 0 Å². The fourth-order valence-electron chi connectivity index (χ4n) is 5.97. The van der Waals surface area contributed by atoms with Gasteiger partial charge < -0.3 is 24.0 Å². The van der Waals surface area contributed by atoms with Gasteiger partial charge in [0.25, 0.3) is 0 Å². The van der Waals surface area contributed by atoms with Crippen LogP contribution in [0, 0.1) is 22.7 Å². The molecule has 5 atom stereocenters. The Balaban J connectivity index is 1.86. The highest BCUT2D eigenvalue weighted by atomic mass is 31.2. The fraction of sp³-hybridized carbons (Fsp3) is 0.625. The van der Waals surface area contributed by atoms with Crippen molar-refractivity contribution in [2.45, 2.75) is 52.6 Å². The van der Waals surface area contributed by atoms with Gasteiger partial charge in [0.15, 0.2) is 6.61 Å². The molecule has 0 bridgehead atoms. The highest BCUT2D eigenvalue weighted by molar-refractivity contribution is 7.46. The summed E-state index contributed by atoms with van der Waals surface area (Å²) in [7, 11) is -4.82. The lowest BCUT2D eigenvalue weighted by molar-refractivity contribution is -0.190. The van der Waals surface area contributed by atoms with Crippen LogP contribution in [0.1, 0.15) is 46.5 Å². The molecule has 0 aromatic heterocycles. The third-order valence-electron chi connectivity index (χ3n) is 7.60. The topological polar surface area (TPSA) is 146 Å². The minimum absolute atomic E-state index is 0.0479. The van der Waals surface area contributed by atoms with Gasteiger partial charge in [0, 0.05) is 18.3 Å². The average molecular weight is 512 g/mol. The summed E-state index contributed by atoms with van der Waals surface area (Å²) in [6.45, 7) is 8.90. The molecule has 194 valence electrons. The molecule has 10 nitrogen and oxygen atoms in total. The number of allylic oxidation sites excluding steroid dienone is 2. The second-order valence-corrected chi connectivity index (χ2v) is 11.2. The average Bonchev–Trinajstić information content (AvgIpc) is 3.16. The first kappa shape index (κ1) is 27.3. The van der Waals surface area contributed by atoms with Gasteiger partial charge in [-0.25, -0.2) is 14.2 Å². The van der Waals surface area contributed by atoms with E-state index in [0.717, 1.165) is 18.4 Å². The lowest BCUT2D eigenvalue weighted by Gasteiger charge is -2.59. The van der Waals surface area contributed by atoms with Gasteiger partial charge in [-0.15, -0.1) is 0 Å². The van der Waals surface area contributed by atoms with Crippen molar-refractivity contribution in [2.75, 3.05) is 19.8 Å². The molecule has 0 amide bonds. The van der Waals surface area contributed by atoms with Crippen LogP contribution in [0.25, 0.3) is 0 Å². The van der Waals surface area contributed by atoms with Gasteiger partial charge >= 0.3 is 25.7 Å². The number of cyclic esters (lactones) is 1. The third-order valence-corrected chi connectivity index (χ3v) is 8.07. The predicted octanol–water partition coefficient (Wildman–Crippen LogP) is 3.00. The smallest absolute Gasteiger partial charge is 0.463 e. The van der Waals surface area contributed by atoms with Crippen molar-refractivity contribution in [1.82, 2.24) is 0 Å². The molecule has 2 fully saturated rings. The molecule has 0 aromatic rings. The van der Waals surface area contributed by atoms with Crippen LogP contribution in [-0.4, -0.2) is 53.6 Å². The lowest BCUT2D eigenvalue weighted by Crippen LogP contribution is -2.58. The Kier molecular flexibility index (Phi) is 8.11. The molecule has 1 aliphatic heterocycles. The third kappa shape index (κ3) is 6.12. The van der Waals surface area contributed by atoms with Crippen molar-refractivity contribution >= 4 is 25.7 Å². The Labute approximate surface area is 204 Å². The fourth-order valence-corrected chi connectivity index (χ4v) is 6.25. The van der Waals surface area contributed by atoms with Crippen LogP contribution in [0.4, 0.5) is 0 Å². The van der Waals surface area contributed by atoms with Crippen molar-refractivity contribution in [1.29, 1.82) is 0 Å². The summed E-state index contributed by atoms with van der Waals surface area (Å²) in [4.78, 5) is 53.6. The number of rotatable bonds is 8. The zero-order valence-electron chi connectivity index (χ0n) is 20.2. The highest BCUT2D eigenvalue weighted by Gasteiger charge is 2.59. The number of hydrogen-bond acceptors (Lipinski definition) is 8. The number of phosphoric acid groups is 1. The van der Waals surface area contributed by atoms with Gasteiger partial charge in [0.05, 0.1) is 5.57 Å².